The number of halogens is 1. The average molecular weight is 534 g/mol. The van der Waals surface area contributed by atoms with Gasteiger partial charge in [0.1, 0.15) is 5.75 Å². The van der Waals surface area contributed by atoms with Crippen molar-refractivity contribution < 1.29 is 14.7 Å². The third kappa shape index (κ3) is 4.40. The standard InChI is InChI=1S/C30H32BrNO3/c1-29(2)13-21-27(24(34)15-29)26(19-10-11-23(33)20(31)12-19)28-22(14-30(3,4)16-25(28)35)32(21)17-18-8-6-5-7-9-18/h5-12,26,33H,13-17H2,1-4H3. The molecule has 0 unspecified atom stereocenters. The lowest BCUT2D eigenvalue weighted by Gasteiger charge is -2.49. The van der Waals surface area contributed by atoms with E-state index in [4.69, 9.17) is 0 Å². The predicted molar refractivity (Wildman–Crippen MR) is 141 cm³/mol. The number of allylic oxidation sites excluding steroid dienone is 4. The second-order valence-corrected chi connectivity index (χ2v) is 12.7. The van der Waals surface area contributed by atoms with Crippen LogP contribution in [0, 0.1) is 10.8 Å². The van der Waals surface area contributed by atoms with Crippen LogP contribution in [0.5, 0.6) is 5.75 Å². The molecule has 1 N–H and O–H groups in total. The summed E-state index contributed by atoms with van der Waals surface area (Å²) in [5.74, 6) is -0.0256. The molecule has 5 rings (SSSR count). The van der Waals surface area contributed by atoms with Gasteiger partial charge in [-0.3, -0.25) is 9.59 Å². The molecular formula is C30H32BrNO3. The van der Waals surface area contributed by atoms with Crippen molar-refractivity contribution >= 4 is 27.5 Å². The Labute approximate surface area is 215 Å². The molecule has 0 aromatic heterocycles. The largest absolute Gasteiger partial charge is 0.507 e. The van der Waals surface area contributed by atoms with E-state index in [0.717, 1.165) is 46.5 Å². The molecule has 2 aliphatic carbocycles. The van der Waals surface area contributed by atoms with Gasteiger partial charge in [0.15, 0.2) is 11.6 Å². The van der Waals surface area contributed by atoms with E-state index in [1.165, 1.54) is 0 Å². The fraction of sp³-hybridized carbons (Fsp3) is 0.400. The molecule has 0 saturated carbocycles. The number of rotatable bonds is 3. The number of hydrogen-bond acceptors (Lipinski definition) is 4. The molecule has 0 spiro atoms. The maximum Gasteiger partial charge on any atom is 0.162 e. The van der Waals surface area contributed by atoms with Crippen molar-refractivity contribution in [3.63, 3.8) is 0 Å². The van der Waals surface area contributed by atoms with Crippen LogP contribution < -0.4 is 0 Å². The zero-order valence-electron chi connectivity index (χ0n) is 20.8. The van der Waals surface area contributed by atoms with Crippen molar-refractivity contribution in [3.8, 4) is 5.75 Å². The molecular weight excluding hydrogens is 502 g/mol. The Morgan fingerprint density at radius 1 is 0.857 bits per heavy atom. The van der Waals surface area contributed by atoms with E-state index in [1.54, 1.807) is 6.07 Å². The number of hydrogen-bond donors (Lipinski definition) is 1. The van der Waals surface area contributed by atoms with Crippen LogP contribution >= 0.6 is 15.9 Å². The fourth-order valence-corrected chi connectivity index (χ4v) is 6.44. The van der Waals surface area contributed by atoms with E-state index in [1.807, 2.05) is 30.3 Å². The first-order valence-electron chi connectivity index (χ1n) is 12.3. The van der Waals surface area contributed by atoms with Crippen molar-refractivity contribution in [3.05, 3.63) is 86.7 Å². The summed E-state index contributed by atoms with van der Waals surface area (Å²) >= 11 is 3.45. The molecule has 35 heavy (non-hydrogen) atoms. The molecule has 4 nitrogen and oxygen atoms in total. The molecule has 1 aliphatic heterocycles. The highest BCUT2D eigenvalue weighted by Gasteiger charge is 2.49. The van der Waals surface area contributed by atoms with Gasteiger partial charge >= 0.3 is 0 Å². The molecule has 1 heterocycles. The normalized spacial score (nSPS) is 21.8. The molecule has 3 aliphatic rings. The zero-order chi connectivity index (χ0) is 25.1. The van der Waals surface area contributed by atoms with E-state index in [-0.39, 0.29) is 28.1 Å². The van der Waals surface area contributed by atoms with Crippen LogP contribution in [0.15, 0.2) is 75.5 Å². The molecule has 0 atom stereocenters. The van der Waals surface area contributed by atoms with Gasteiger partial charge in [-0.15, -0.1) is 0 Å². The Hall–Kier alpha value is -2.66. The Morgan fingerprint density at radius 2 is 1.40 bits per heavy atom. The van der Waals surface area contributed by atoms with Crippen LogP contribution in [-0.4, -0.2) is 21.6 Å². The Morgan fingerprint density at radius 3 is 1.91 bits per heavy atom. The number of ketones is 2. The second kappa shape index (κ2) is 8.48. The maximum absolute atomic E-state index is 13.8. The summed E-state index contributed by atoms with van der Waals surface area (Å²) in [5.41, 5.74) is 5.32. The number of aromatic hydroxyl groups is 1. The van der Waals surface area contributed by atoms with Crippen molar-refractivity contribution in [1.29, 1.82) is 0 Å². The number of nitrogens with zero attached hydrogens (tertiary/aromatic N) is 1. The molecule has 0 amide bonds. The van der Waals surface area contributed by atoms with E-state index in [9.17, 15) is 14.7 Å². The summed E-state index contributed by atoms with van der Waals surface area (Å²) in [4.78, 5) is 29.9. The van der Waals surface area contributed by atoms with E-state index in [2.05, 4.69) is 60.7 Å². The Balaban J connectivity index is 1.77. The number of carbonyl (C=O) groups is 2. The van der Waals surface area contributed by atoms with Crippen LogP contribution in [0.1, 0.15) is 70.4 Å². The van der Waals surface area contributed by atoms with Crippen molar-refractivity contribution in [1.82, 2.24) is 4.90 Å². The number of Topliss-reactive ketones (excluding diaryl/α,β-unsaturated/α-hetero) is 2. The lowest BCUT2D eigenvalue weighted by Crippen LogP contribution is -2.44. The second-order valence-electron chi connectivity index (χ2n) is 11.8. The minimum atomic E-state index is -0.406. The predicted octanol–water partition coefficient (Wildman–Crippen LogP) is 7.04. The zero-order valence-corrected chi connectivity index (χ0v) is 22.4. The van der Waals surface area contributed by atoms with Crippen LogP contribution in [-0.2, 0) is 16.1 Å². The first kappa shape index (κ1) is 24.1. The maximum atomic E-state index is 13.8. The number of phenols is 1. The van der Waals surface area contributed by atoms with E-state index >= 15 is 0 Å². The van der Waals surface area contributed by atoms with Gasteiger partial charge in [0.05, 0.1) is 4.47 Å². The molecule has 182 valence electrons. The van der Waals surface area contributed by atoms with Gasteiger partial charge in [-0.25, -0.2) is 0 Å². The lowest BCUT2D eigenvalue weighted by molar-refractivity contribution is -0.119. The van der Waals surface area contributed by atoms with Gasteiger partial charge < -0.3 is 10.0 Å². The third-order valence-electron chi connectivity index (χ3n) is 7.51. The van der Waals surface area contributed by atoms with Gasteiger partial charge in [-0.2, -0.15) is 0 Å². The number of phenolic OH excluding ortho intramolecular Hbond substituents is 1. The highest BCUT2D eigenvalue weighted by molar-refractivity contribution is 9.10. The molecule has 5 heteroatoms. The highest BCUT2D eigenvalue weighted by Crippen LogP contribution is 2.55. The van der Waals surface area contributed by atoms with Gasteiger partial charge in [0.2, 0.25) is 0 Å². The molecule has 0 bridgehead atoms. The SMILES string of the molecule is CC1(C)CC(=O)C2=C(C1)N(Cc1ccccc1)C1=C(C(=O)CC(C)(C)C1)C2c1ccc(O)c(Br)c1. The summed E-state index contributed by atoms with van der Waals surface area (Å²) in [5, 5.41) is 10.1. The molecule has 2 aromatic rings. The number of carbonyl (C=O) groups excluding carboxylic acids is 2. The van der Waals surface area contributed by atoms with Crippen molar-refractivity contribution in [2.24, 2.45) is 10.8 Å². The monoisotopic (exact) mass is 533 g/mol. The third-order valence-corrected chi connectivity index (χ3v) is 8.15. The van der Waals surface area contributed by atoms with Gasteiger partial charge in [0, 0.05) is 47.8 Å². The van der Waals surface area contributed by atoms with Gasteiger partial charge in [-0.1, -0.05) is 64.1 Å². The summed E-state index contributed by atoms with van der Waals surface area (Å²) in [7, 11) is 0. The minimum absolute atomic E-state index is 0.118. The summed E-state index contributed by atoms with van der Waals surface area (Å²) in [6.07, 6.45) is 2.48. The molecule has 2 aromatic carbocycles. The smallest absolute Gasteiger partial charge is 0.162 e. The first-order valence-corrected chi connectivity index (χ1v) is 13.1. The summed E-state index contributed by atoms with van der Waals surface area (Å²) in [6.45, 7) is 9.25. The van der Waals surface area contributed by atoms with E-state index < -0.39 is 5.92 Å². The topological polar surface area (TPSA) is 57.6 Å². The highest BCUT2D eigenvalue weighted by atomic mass is 79.9. The fourth-order valence-electron chi connectivity index (χ4n) is 6.04. The Bertz CT molecular complexity index is 1230. The van der Waals surface area contributed by atoms with Crippen LogP contribution in [0.25, 0.3) is 0 Å². The molecule has 0 radical (unpaired) electrons. The Kier molecular flexibility index (Phi) is 5.83. The van der Waals surface area contributed by atoms with Crippen molar-refractivity contribution in [2.75, 3.05) is 0 Å². The van der Waals surface area contributed by atoms with Crippen LogP contribution in [0.2, 0.25) is 0 Å². The number of benzene rings is 2. The summed E-state index contributed by atoms with van der Waals surface area (Å²) in [6, 6.07) is 15.7. The van der Waals surface area contributed by atoms with Crippen molar-refractivity contribution in [2.45, 2.75) is 65.8 Å². The molecule has 0 saturated heterocycles. The lowest BCUT2D eigenvalue weighted by atomic mass is 9.63. The van der Waals surface area contributed by atoms with Gasteiger partial charge in [-0.05, 0) is 62.9 Å². The average Bonchev–Trinajstić information content (AvgIpc) is 2.76. The van der Waals surface area contributed by atoms with E-state index in [0.29, 0.717) is 23.9 Å². The van der Waals surface area contributed by atoms with Crippen LogP contribution in [0.4, 0.5) is 0 Å². The summed E-state index contributed by atoms with van der Waals surface area (Å²) < 4.78 is 0.568. The van der Waals surface area contributed by atoms with Gasteiger partial charge in [0.25, 0.3) is 0 Å². The first-order chi connectivity index (χ1) is 16.5. The quantitative estimate of drug-likeness (QED) is 0.459. The minimum Gasteiger partial charge on any atom is -0.507 e. The molecule has 0 fully saturated rings. The van der Waals surface area contributed by atoms with Crippen LogP contribution in [0.3, 0.4) is 0 Å².